The van der Waals surface area contributed by atoms with Crippen LogP contribution in [-0.2, 0) is 9.53 Å². The molecule has 0 amide bonds. The third-order valence-corrected chi connectivity index (χ3v) is 3.03. The zero-order valence-electron chi connectivity index (χ0n) is 10.0. The fourth-order valence-electron chi connectivity index (χ4n) is 1.48. The minimum Gasteiger partial charge on any atom is -0.466 e. The van der Waals surface area contributed by atoms with Crippen LogP contribution in [-0.4, -0.2) is 23.8 Å². The lowest BCUT2D eigenvalue weighted by atomic mass is 10.1. The normalized spacial score (nSPS) is 12.4. The number of unbranched alkanes of at least 4 members (excludes halogenated alkanes) is 3. The number of alkyl halides is 2. The lowest BCUT2D eigenvalue weighted by molar-refractivity contribution is -0.143. The molecule has 0 N–H and O–H groups in total. The van der Waals surface area contributed by atoms with E-state index in [-0.39, 0.29) is 11.3 Å². The van der Waals surface area contributed by atoms with Gasteiger partial charge in [-0.25, -0.2) is 0 Å². The first-order valence-electron chi connectivity index (χ1n) is 6.06. The van der Waals surface area contributed by atoms with Crippen LogP contribution in [0.1, 0.15) is 51.9 Å². The predicted molar refractivity (Wildman–Crippen MR) is 69.3 cm³/mol. The highest BCUT2D eigenvalue weighted by molar-refractivity contribution is 6.22. The molecule has 0 aliphatic heterocycles. The molecule has 0 aliphatic rings. The molecule has 0 saturated carbocycles. The number of hydrogen-bond donors (Lipinski definition) is 0. The van der Waals surface area contributed by atoms with Crippen LogP contribution in [0.15, 0.2) is 0 Å². The maximum atomic E-state index is 11.0. The van der Waals surface area contributed by atoms with Gasteiger partial charge in [-0.1, -0.05) is 19.3 Å². The van der Waals surface area contributed by atoms with E-state index in [4.69, 9.17) is 27.9 Å². The van der Waals surface area contributed by atoms with Crippen molar-refractivity contribution in [1.29, 1.82) is 0 Å². The highest BCUT2D eigenvalue weighted by atomic mass is 35.5. The second-order valence-electron chi connectivity index (χ2n) is 3.83. The van der Waals surface area contributed by atoms with Gasteiger partial charge in [0.15, 0.2) is 0 Å². The molecule has 0 aliphatic carbocycles. The quantitative estimate of drug-likeness (QED) is 0.338. The fraction of sp³-hybridized carbons (Fsp3) is 0.917. The number of ether oxygens (including phenoxy) is 1. The number of halogens is 2. The molecular formula is C12H22Cl2O2. The van der Waals surface area contributed by atoms with E-state index in [9.17, 15) is 4.79 Å². The number of esters is 1. The Bertz CT molecular complexity index is 174. The molecule has 0 aromatic rings. The van der Waals surface area contributed by atoms with E-state index < -0.39 is 0 Å². The predicted octanol–water partition coefficient (Wildman–Crippen LogP) is 4.13. The van der Waals surface area contributed by atoms with Crippen molar-refractivity contribution < 1.29 is 9.53 Å². The molecule has 0 saturated heterocycles. The van der Waals surface area contributed by atoms with E-state index >= 15 is 0 Å². The Morgan fingerprint density at radius 3 is 2.50 bits per heavy atom. The van der Waals surface area contributed by atoms with Crippen LogP contribution in [0.4, 0.5) is 0 Å². The molecule has 16 heavy (non-hydrogen) atoms. The van der Waals surface area contributed by atoms with E-state index in [1.165, 1.54) is 0 Å². The van der Waals surface area contributed by atoms with E-state index in [2.05, 4.69) is 0 Å². The Balaban J connectivity index is 3.18. The highest BCUT2D eigenvalue weighted by Gasteiger charge is 2.04. The Morgan fingerprint density at radius 1 is 1.19 bits per heavy atom. The monoisotopic (exact) mass is 268 g/mol. The van der Waals surface area contributed by atoms with Crippen LogP contribution in [0, 0.1) is 0 Å². The zero-order valence-corrected chi connectivity index (χ0v) is 11.5. The molecule has 0 bridgehead atoms. The minimum atomic E-state index is -0.0835. The Labute approximate surface area is 109 Å². The maximum Gasteiger partial charge on any atom is 0.305 e. The zero-order chi connectivity index (χ0) is 12.2. The number of carbonyl (C=O) groups is 1. The van der Waals surface area contributed by atoms with E-state index in [1.54, 1.807) is 0 Å². The SMILES string of the molecule is CCOC(=O)CCCCCC[C@H](Cl)CCCl. The topological polar surface area (TPSA) is 26.3 Å². The maximum absolute atomic E-state index is 11.0. The van der Waals surface area contributed by atoms with Crippen molar-refractivity contribution in [3.05, 3.63) is 0 Å². The van der Waals surface area contributed by atoms with Crippen molar-refractivity contribution in [2.45, 2.75) is 57.2 Å². The summed E-state index contributed by atoms with van der Waals surface area (Å²) >= 11 is 11.6. The van der Waals surface area contributed by atoms with Gasteiger partial charge in [-0.3, -0.25) is 4.79 Å². The van der Waals surface area contributed by atoms with Crippen molar-refractivity contribution in [2.75, 3.05) is 12.5 Å². The third-order valence-electron chi connectivity index (χ3n) is 2.38. The van der Waals surface area contributed by atoms with Gasteiger partial charge in [-0.15, -0.1) is 23.2 Å². The highest BCUT2D eigenvalue weighted by Crippen LogP contribution is 2.14. The number of hydrogen-bond acceptors (Lipinski definition) is 2. The molecule has 0 aromatic carbocycles. The summed E-state index contributed by atoms with van der Waals surface area (Å²) in [5.74, 6) is 0.552. The van der Waals surface area contributed by atoms with Crippen molar-refractivity contribution >= 4 is 29.2 Å². The van der Waals surface area contributed by atoms with Gasteiger partial charge >= 0.3 is 5.97 Å². The summed E-state index contributed by atoms with van der Waals surface area (Å²) < 4.78 is 4.84. The molecule has 0 fully saturated rings. The Kier molecular flexibility index (Phi) is 11.6. The summed E-state index contributed by atoms with van der Waals surface area (Å²) in [4.78, 5) is 11.0. The van der Waals surface area contributed by atoms with Gasteiger partial charge in [0.2, 0.25) is 0 Å². The van der Waals surface area contributed by atoms with E-state index in [0.29, 0.717) is 18.9 Å². The molecule has 2 nitrogen and oxygen atoms in total. The summed E-state index contributed by atoms with van der Waals surface area (Å²) in [6, 6.07) is 0. The third kappa shape index (κ3) is 10.6. The van der Waals surface area contributed by atoms with E-state index in [1.807, 2.05) is 6.92 Å². The molecule has 4 heteroatoms. The average molecular weight is 269 g/mol. The largest absolute Gasteiger partial charge is 0.466 e. The van der Waals surface area contributed by atoms with Gasteiger partial charge < -0.3 is 4.74 Å². The second kappa shape index (κ2) is 11.5. The smallest absolute Gasteiger partial charge is 0.305 e. The van der Waals surface area contributed by atoms with Crippen molar-refractivity contribution in [3.63, 3.8) is 0 Å². The molecule has 0 heterocycles. The van der Waals surface area contributed by atoms with Crippen molar-refractivity contribution in [1.82, 2.24) is 0 Å². The van der Waals surface area contributed by atoms with Gasteiger partial charge in [0.05, 0.1) is 6.61 Å². The summed E-state index contributed by atoms with van der Waals surface area (Å²) in [5, 5.41) is 0.211. The summed E-state index contributed by atoms with van der Waals surface area (Å²) in [6.07, 6.45) is 6.68. The molecule has 1 atom stereocenters. The van der Waals surface area contributed by atoms with Crippen molar-refractivity contribution in [2.24, 2.45) is 0 Å². The van der Waals surface area contributed by atoms with Crippen molar-refractivity contribution in [3.8, 4) is 0 Å². The molecule has 0 spiro atoms. The number of carbonyl (C=O) groups excluding carboxylic acids is 1. The van der Waals surface area contributed by atoms with Gasteiger partial charge in [0.25, 0.3) is 0 Å². The van der Waals surface area contributed by atoms with Crippen LogP contribution in [0.5, 0.6) is 0 Å². The van der Waals surface area contributed by atoms with Crippen LogP contribution >= 0.6 is 23.2 Å². The lowest BCUT2D eigenvalue weighted by Crippen LogP contribution is -2.03. The molecule has 96 valence electrons. The van der Waals surface area contributed by atoms with Crippen LogP contribution in [0.2, 0.25) is 0 Å². The van der Waals surface area contributed by atoms with Crippen LogP contribution in [0.3, 0.4) is 0 Å². The molecule has 0 aromatic heterocycles. The molecular weight excluding hydrogens is 247 g/mol. The fourth-order valence-corrected chi connectivity index (χ4v) is 2.12. The van der Waals surface area contributed by atoms with Gasteiger partial charge in [-0.2, -0.15) is 0 Å². The summed E-state index contributed by atoms with van der Waals surface area (Å²) in [7, 11) is 0. The second-order valence-corrected chi connectivity index (χ2v) is 4.83. The average Bonchev–Trinajstić information content (AvgIpc) is 2.24. The first-order valence-corrected chi connectivity index (χ1v) is 7.03. The van der Waals surface area contributed by atoms with Gasteiger partial charge in [0, 0.05) is 17.7 Å². The first kappa shape index (κ1) is 16.1. The summed E-state index contributed by atoms with van der Waals surface area (Å²) in [5.41, 5.74) is 0. The van der Waals surface area contributed by atoms with Crippen LogP contribution < -0.4 is 0 Å². The minimum absolute atomic E-state index is 0.0835. The number of rotatable bonds is 10. The lowest BCUT2D eigenvalue weighted by Gasteiger charge is -2.06. The van der Waals surface area contributed by atoms with Gasteiger partial charge in [-0.05, 0) is 26.2 Å². The van der Waals surface area contributed by atoms with Crippen LogP contribution in [0.25, 0.3) is 0 Å². The van der Waals surface area contributed by atoms with E-state index in [0.717, 1.165) is 38.5 Å². The molecule has 0 rings (SSSR count). The first-order chi connectivity index (χ1) is 7.70. The van der Waals surface area contributed by atoms with Gasteiger partial charge in [0.1, 0.15) is 0 Å². The molecule has 0 radical (unpaired) electrons. The Hall–Kier alpha value is 0.0500. The Morgan fingerprint density at radius 2 is 1.88 bits per heavy atom. The summed E-state index contributed by atoms with van der Waals surface area (Å²) in [6.45, 7) is 2.31. The standard InChI is InChI=1S/C12H22Cl2O2/c1-2-16-12(15)8-6-4-3-5-7-11(14)9-10-13/h11H,2-10H2,1H3/t11-/m0/s1. The molecule has 0 unspecified atom stereocenters.